The zero-order valence-electron chi connectivity index (χ0n) is 24.4. The zero-order chi connectivity index (χ0) is 27.7. The van der Waals surface area contributed by atoms with Gasteiger partial charge in [0.25, 0.3) is 0 Å². The van der Waals surface area contributed by atoms with Crippen LogP contribution in [0.4, 0.5) is 4.79 Å². The van der Waals surface area contributed by atoms with Crippen molar-refractivity contribution in [2.24, 2.45) is 17.6 Å². The first-order chi connectivity index (χ1) is 18.7. The van der Waals surface area contributed by atoms with Gasteiger partial charge in [0.15, 0.2) is 0 Å². The molecule has 2 N–H and O–H groups in total. The maximum atomic E-state index is 13.2. The van der Waals surface area contributed by atoms with Crippen molar-refractivity contribution in [2.75, 3.05) is 45.8 Å². The van der Waals surface area contributed by atoms with E-state index in [1.54, 1.807) is 4.90 Å². The molecule has 2 saturated heterocycles. The molecule has 39 heavy (non-hydrogen) atoms. The normalized spacial score (nSPS) is 19.1. The Labute approximate surface area is 236 Å². The van der Waals surface area contributed by atoms with Crippen LogP contribution in [0.2, 0.25) is 0 Å². The predicted octanol–water partition coefficient (Wildman–Crippen LogP) is 5.42. The van der Waals surface area contributed by atoms with Gasteiger partial charge in [0.2, 0.25) is 0 Å². The topological polar surface area (TPSA) is 62.0 Å². The summed E-state index contributed by atoms with van der Waals surface area (Å²) in [5.74, 6) is 1.45. The van der Waals surface area contributed by atoms with E-state index in [2.05, 4.69) is 70.5 Å². The summed E-state index contributed by atoms with van der Waals surface area (Å²) in [6.07, 6.45) is 6.38. The first-order valence-corrected chi connectivity index (χ1v) is 15.0. The third-order valence-electron chi connectivity index (χ3n) is 8.28. The molecule has 0 bridgehead atoms. The van der Waals surface area contributed by atoms with Crippen molar-refractivity contribution < 1.29 is 9.53 Å². The van der Waals surface area contributed by atoms with Crippen molar-refractivity contribution in [2.45, 2.75) is 71.1 Å². The van der Waals surface area contributed by atoms with Crippen LogP contribution in [0.3, 0.4) is 0 Å². The number of carbonyl (C=O) groups is 1. The van der Waals surface area contributed by atoms with Crippen LogP contribution in [0.25, 0.3) is 0 Å². The predicted molar refractivity (Wildman–Crippen MR) is 160 cm³/mol. The van der Waals surface area contributed by atoms with E-state index in [-0.39, 0.29) is 12.3 Å². The van der Waals surface area contributed by atoms with Gasteiger partial charge in [-0.2, -0.15) is 0 Å². The average molecular weight is 535 g/mol. The smallest absolute Gasteiger partial charge is 0.411 e. The molecular weight excluding hydrogens is 484 g/mol. The number of benzene rings is 2. The number of piperidine rings is 2. The summed E-state index contributed by atoms with van der Waals surface area (Å²) in [5.41, 5.74) is 9.03. The quantitative estimate of drug-likeness (QED) is 0.413. The van der Waals surface area contributed by atoms with Crippen molar-refractivity contribution in [1.29, 1.82) is 0 Å². The Balaban J connectivity index is 1.25. The van der Waals surface area contributed by atoms with Crippen molar-refractivity contribution in [3.63, 3.8) is 0 Å². The molecule has 6 nitrogen and oxygen atoms in total. The maximum Gasteiger partial charge on any atom is 0.411 e. The van der Waals surface area contributed by atoms with Crippen LogP contribution in [0.15, 0.2) is 60.7 Å². The Morgan fingerprint density at radius 2 is 1.31 bits per heavy atom. The largest absolute Gasteiger partial charge is 0.444 e. The molecular formula is C33H50N4O2. The van der Waals surface area contributed by atoms with Crippen molar-refractivity contribution >= 4 is 6.09 Å². The fourth-order valence-electron chi connectivity index (χ4n) is 6.01. The van der Waals surface area contributed by atoms with Gasteiger partial charge in [0.05, 0.1) is 6.17 Å². The van der Waals surface area contributed by atoms with Gasteiger partial charge < -0.3 is 15.4 Å². The first-order valence-electron chi connectivity index (χ1n) is 15.0. The minimum atomic E-state index is -0.541. The minimum Gasteiger partial charge on any atom is -0.444 e. The van der Waals surface area contributed by atoms with Gasteiger partial charge in [-0.3, -0.25) is 9.80 Å². The molecule has 6 heteroatoms. The van der Waals surface area contributed by atoms with E-state index >= 15 is 0 Å². The van der Waals surface area contributed by atoms with Gasteiger partial charge in [-0.05, 0) is 108 Å². The maximum absolute atomic E-state index is 13.2. The highest BCUT2D eigenvalue weighted by Gasteiger charge is 2.30. The fourth-order valence-corrected chi connectivity index (χ4v) is 6.01. The molecule has 1 amide bonds. The number of hydrogen-bond acceptors (Lipinski definition) is 5. The SMILES string of the molecule is CC(C)(C)OC(=O)N(CCN1CCC(Cc2ccccc2)CC1)C(N)CN1CCC(Cc2ccccc2)CC1. The Morgan fingerprint density at radius 3 is 1.77 bits per heavy atom. The fraction of sp³-hybridized carbons (Fsp3) is 0.606. The van der Waals surface area contributed by atoms with Crippen molar-refractivity contribution in [3.8, 4) is 0 Å². The minimum absolute atomic E-state index is 0.298. The average Bonchev–Trinajstić information content (AvgIpc) is 2.91. The third-order valence-corrected chi connectivity index (χ3v) is 8.28. The number of amides is 1. The van der Waals surface area contributed by atoms with Crippen molar-refractivity contribution in [3.05, 3.63) is 71.8 Å². The molecule has 2 aliphatic heterocycles. The van der Waals surface area contributed by atoms with Crippen LogP contribution in [0.1, 0.15) is 57.6 Å². The lowest BCUT2D eigenvalue weighted by molar-refractivity contribution is 0.00823. The van der Waals surface area contributed by atoms with E-state index in [9.17, 15) is 4.79 Å². The summed E-state index contributed by atoms with van der Waals surface area (Å²) in [7, 11) is 0. The second kappa shape index (κ2) is 14.3. The van der Waals surface area contributed by atoms with E-state index in [0.29, 0.717) is 19.0 Å². The Hall–Kier alpha value is -2.41. The molecule has 0 aliphatic carbocycles. The molecule has 214 valence electrons. The number of ether oxygens (including phenoxy) is 1. The molecule has 2 aromatic rings. The summed E-state index contributed by atoms with van der Waals surface area (Å²) in [6, 6.07) is 21.6. The molecule has 2 aromatic carbocycles. The monoisotopic (exact) mass is 534 g/mol. The highest BCUT2D eigenvalue weighted by atomic mass is 16.6. The molecule has 2 heterocycles. The van der Waals surface area contributed by atoms with E-state index in [4.69, 9.17) is 10.5 Å². The summed E-state index contributed by atoms with van der Waals surface area (Å²) in [5, 5.41) is 0. The molecule has 2 fully saturated rings. The zero-order valence-corrected chi connectivity index (χ0v) is 24.4. The van der Waals surface area contributed by atoms with Crippen LogP contribution < -0.4 is 5.73 Å². The molecule has 0 aromatic heterocycles. The lowest BCUT2D eigenvalue weighted by Crippen LogP contribution is -2.56. The van der Waals surface area contributed by atoms with E-state index in [0.717, 1.165) is 51.5 Å². The van der Waals surface area contributed by atoms with Crippen LogP contribution in [0, 0.1) is 11.8 Å². The number of rotatable bonds is 10. The highest BCUT2D eigenvalue weighted by Crippen LogP contribution is 2.23. The van der Waals surface area contributed by atoms with Gasteiger partial charge in [0, 0.05) is 19.6 Å². The van der Waals surface area contributed by atoms with E-state index < -0.39 is 5.60 Å². The van der Waals surface area contributed by atoms with E-state index in [1.165, 1.54) is 36.8 Å². The van der Waals surface area contributed by atoms with E-state index in [1.807, 2.05) is 20.8 Å². The lowest BCUT2D eigenvalue weighted by atomic mass is 9.90. The van der Waals surface area contributed by atoms with Gasteiger partial charge in [0.1, 0.15) is 5.60 Å². The summed E-state index contributed by atoms with van der Waals surface area (Å²) in [6.45, 7) is 12.1. The number of nitrogens with two attached hydrogens (primary N) is 1. The van der Waals surface area contributed by atoms with Crippen LogP contribution in [-0.4, -0.2) is 78.4 Å². The van der Waals surface area contributed by atoms with Gasteiger partial charge in [-0.25, -0.2) is 4.79 Å². The number of likely N-dealkylation sites (tertiary alicyclic amines) is 2. The standard InChI is InChI=1S/C33H50N4O2/c1-33(2,3)39-32(38)37(23-22-35-18-14-29(15-19-35)24-27-10-6-4-7-11-27)31(34)26-36-20-16-30(17-21-36)25-28-12-8-5-9-13-28/h4-13,29-31H,14-26,34H2,1-3H3. The highest BCUT2D eigenvalue weighted by molar-refractivity contribution is 5.68. The number of nitrogens with zero attached hydrogens (tertiary/aromatic N) is 3. The van der Waals surface area contributed by atoms with Gasteiger partial charge >= 0.3 is 6.09 Å². The Bertz CT molecular complexity index is 978. The number of hydrogen-bond donors (Lipinski definition) is 1. The van der Waals surface area contributed by atoms with Gasteiger partial charge in [-0.1, -0.05) is 60.7 Å². The molecule has 1 unspecified atom stereocenters. The molecule has 0 spiro atoms. The Morgan fingerprint density at radius 1 is 0.846 bits per heavy atom. The molecule has 1 atom stereocenters. The van der Waals surface area contributed by atoms with Crippen LogP contribution >= 0.6 is 0 Å². The molecule has 0 radical (unpaired) electrons. The Kier molecular flexibility index (Phi) is 10.8. The lowest BCUT2D eigenvalue weighted by Gasteiger charge is -2.39. The summed E-state index contributed by atoms with van der Waals surface area (Å²) in [4.78, 5) is 19.9. The van der Waals surface area contributed by atoms with Crippen LogP contribution in [0.5, 0.6) is 0 Å². The molecule has 4 rings (SSSR count). The second-order valence-corrected chi connectivity index (χ2v) is 12.6. The van der Waals surface area contributed by atoms with Gasteiger partial charge in [-0.15, -0.1) is 0 Å². The van der Waals surface area contributed by atoms with Crippen molar-refractivity contribution in [1.82, 2.24) is 14.7 Å². The summed E-state index contributed by atoms with van der Waals surface area (Å²) >= 11 is 0. The third kappa shape index (κ3) is 9.93. The number of carbonyl (C=O) groups excluding carboxylic acids is 1. The molecule has 2 aliphatic rings. The molecule has 0 saturated carbocycles. The summed E-state index contributed by atoms with van der Waals surface area (Å²) < 4.78 is 5.79. The van der Waals surface area contributed by atoms with Crippen LogP contribution in [-0.2, 0) is 17.6 Å². The first kappa shape index (κ1) is 29.6. The second-order valence-electron chi connectivity index (χ2n) is 12.6.